The van der Waals surface area contributed by atoms with Crippen LogP contribution in [0, 0.1) is 0 Å². The predicted molar refractivity (Wildman–Crippen MR) is 144 cm³/mol. The SMILES string of the molecule is COC(=O)c1cc(C(C)(C)C)sc1NC(=O)Nc1ccc(OCCN2CCOCC2)c2ccccc12. The van der Waals surface area contributed by atoms with E-state index in [1.54, 1.807) is 6.07 Å². The number of carbonyl (C=O) groups excluding carboxylic acids is 2. The van der Waals surface area contributed by atoms with Crippen LogP contribution >= 0.6 is 11.3 Å². The van der Waals surface area contributed by atoms with Crippen molar-refractivity contribution in [1.29, 1.82) is 0 Å². The largest absolute Gasteiger partial charge is 0.492 e. The normalized spacial score (nSPS) is 14.4. The maximum absolute atomic E-state index is 13.0. The fourth-order valence-electron chi connectivity index (χ4n) is 3.99. The average Bonchev–Trinajstić information content (AvgIpc) is 3.29. The second-order valence-electron chi connectivity index (χ2n) is 9.63. The summed E-state index contributed by atoms with van der Waals surface area (Å²) in [6.07, 6.45) is 0. The second kappa shape index (κ2) is 11.3. The Kier molecular flexibility index (Phi) is 8.13. The van der Waals surface area contributed by atoms with Crippen LogP contribution in [0.4, 0.5) is 15.5 Å². The van der Waals surface area contributed by atoms with E-state index in [2.05, 4.69) is 36.3 Å². The van der Waals surface area contributed by atoms with Gasteiger partial charge in [0.15, 0.2) is 0 Å². The lowest BCUT2D eigenvalue weighted by molar-refractivity contribution is 0.0323. The molecule has 1 aromatic heterocycles. The number of anilines is 2. The number of amides is 2. The molecule has 0 unspecified atom stereocenters. The number of urea groups is 1. The van der Waals surface area contributed by atoms with Gasteiger partial charge in [0.25, 0.3) is 0 Å². The summed E-state index contributed by atoms with van der Waals surface area (Å²) in [5.74, 6) is 0.284. The molecule has 8 nitrogen and oxygen atoms in total. The van der Waals surface area contributed by atoms with Gasteiger partial charge in [0, 0.05) is 35.3 Å². The van der Waals surface area contributed by atoms with Gasteiger partial charge < -0.3 is 19.5 Å². The molecule has 1 saturated heterocycles. The maximum Gasteiger partial charge on any atom is 0.340 e. The van der Waals surface area contributed by atoms with Gasteiger partial charge >= 0.3 is 12.0 Å². The van der Waals surface area contributed by atoms with Crippen LogP contribution in [0.3, 0.4) is 0 Å². The minimum Gasteiger partial charge on any atom is -0.492 e. The lowest BCUT2D eigenvalue weighted by atomic mass is 9.94. The van der Waals surface area contributed by atoms with E-state index in [0.29, 0.717) is 22.9 Å². The van der Waals surface area contributed by atoms with Crippen molar-refractivity contribution in [2.24, 2.45) is 0 Å². The topological polar surface area (TPSA) is 89.1 Å². The van der Waals surface area contributed by atoms with Crippen LogP contribution in [0.25, 0.3) is 10.8 Å². The van der Waals surface area contributed by atoms with E-state index in [4.69, 9.17) is 14.2 Å². The van der Waals surface area contributed by atoms with Crippen molar-refractivity contribution in [1.82, 2.24) is 4.90 Å². The molecule has 2 heterocycles. The number of hydrogen-bond acceptors (Lipinski definition) is 7. The summed E-state index contributed by atoms with van der Waals surface area (Å²) in [5, 5.41) is 8.00. The highest BCUT2D eigenvalue weighted by atomic mass is 32.1. The molecule has 1 aliphatic rings. The van der Waals surface area contributed by atoms with Crippen molar-refractivity contribution in [2.75, 3.05) is 57.2 Å². The number of fused-ring (bicyclic) bond motifs is 1. The number of nitrogens with one attached hydrogen (secondary N) is 2. The highest BCUT2D eigenvalue weighted by molar-refractivity contribution is 7.16. The summed E-state index contributed by atoms with van der Waals surface area (Å²) in [7, 11) is 1.33. The van der Waals surface area contributed by atoms with E-state index in [1.165, 1.54) is 18.4 Å². The van der Waals surface area contributed by atoms with Crippen LogP contribution < -0.4 is 15.4 Å². The Balaban J connectivity index is 1.48. The third-order valence-electron chi connectivity index (χ3n) is 6.00. The van der Waals surface area contributed by atoms with Crippen LogP contribution in [-0.2, 0) is 14.9 Å². The van der Waals surface area contributed by atoms with E-state index in [0.717, 1.165) is 54.2 Å². The lowest BCUT2D eigenvalue weighted by Gasteiger charge is -2.26. The Labute approximate surface area is 215 Å². The molecule has 1 fully saturated rings. The zero-order chi connectivity index (χ0) is 25.7. The van der Waals surface area contributed by atoms with E-state index < -0.39 is 12.0 Å². The number of rotatable bonds is 7. The first kappa shape index (κ1) is 25.9. The Morgan fingerprint density at radius 1 is 1.06 bits per heavy atom. The smallest absolute Gasteiger partial charge is 0.340 e. The molecule has 0 saturated carbocycles. The van der Waals surface area contributed by atoms with Crippen LogP contribution in [0.5, 0.6) is 5.75 Å². The van der Waals surface area contributed by atoms with Gasteiger partial charge in [-0.15, -0.1) is 11.3 Å². The van der Waals surface area contributed by atoms with Crippen LogP contribution in [0.15, 0.2) is 42.5 Å². The fraction of sp³-hybridized carbons (Fsp3) is 0.407. The van der Waals surface area contributed by atoms with E-state index in [9.17, 15) is 9.59 Å². The molecule has 2 N–H and O–H groups in total. The molecular formula is C27H33N3O5S. The summed E-state index contributed by atoms with van der Waals surface area (Å²) in [6.45, 7) is 10.9. The molecule has 3 aromatic rings. The lowest BCUT2D eigenvalue weighted by Crippen LogP contribution is -2.38. The highest BCUT2D eigenvalue weighted by Gasteiger charge is 2.24. The molecule has 4 rings (SSSR count). The Hall–Kier alpha value is -3.14. The van der Waals surface area contributed by atoms with E-state index in [1.807, 2.05) is 36.4 Å². The van der Waals surface area contributed by atoms with Crippen molar-refractivity contribution < 1.29 is 23.8 Å². The molecule has 0 atom stereocenters. The summed E-state index contributed by atoms with van der Waals surface area (Å²) in [6, 6.07) is 12.9. The maximum atomic E-state index is 13.0. The first-order valence-electron chi connectivity index (χ1n) is 12.0. The summed E-state index contributed by atoms with van der Waals surface area (Å²) in [5.41, 5.74) is 0.824. The van der Waals surface area contributed by atoms with Crippen LogP contribution in [-0.4, -0.2) is 63.5 Å². The molecule has 2 aromatic carbocycles. The van der Waals surface area contributed by atoms with Crippen molar-refractivity contribution in [2.45, 2.75) is 26.2 Å². The molecule has 9 heteroatoms. The zero-order valence-electron chi connectivity index (χ0n) is 21.2. The fourth-order valence-corrected chi connectivity index (χ4v) is 5.09. The molecule has 192 valence electrons. The number of esters is 1. The number of benzene rings is 2. The second-order valence-corrected chi connectivity index (χ2v) is 10.7. The summed E-state index contributed by atoms with van der Waals surface area (Å²) >= 11 is 1.37. The minimum atomic E-state index is -0.485. The minimum absolute atomic E-state index is 0.169. The van der Waals surface area contributed by atoms with Crippen LogP contribution in [0.2, 0.25) is 0 Å². The number of methoxy groups -OCH3 is 1. The molecule has 0 aliphatic carbocycles. The molecule has 0 radical (unpaired) electrons. The number of nitrogens with zero attached hydrogens (tertiary/aromatic N) is 1. The third kappa shape index (κ3) is 6.16. The number of morpholine rings is 1. The Bertz CT molecular complexity index is 1230. The average molecular weight is 512 g/mol. The van der Waals surface area contributed by atoms with Gasteiger partial charge in [0.2, 0.25) is 0 Å². The van der Waals surface area contributed by atoms with Gasteiger partial charge in [0.1, 0.15) is 17.4 Å². The summed E-state index contributed by atoms with van der Waals surface area (Å²) < 4.78 is 16.4. The number of hydrogen-bond donors (Lipinski definition) is 2. The predicted octanol–water partition coefficient (Wildman–Crippen LogP) is 5.34. The molecule has 0 spiro atoms. The van der Waals surface area contributed by atoms with Gasteiger partial charge in [-0.1, -0.05) is 45.0 Å². The van der Waals surface area contributed by atoms with Crippen LogP contribution in [0.1, 0.15) is 36.0 Å². The quantitative estimate of drug-likeness (QED) is 0.416. The summed E-state index contributed by atoms with van der Waals surface area (Å²) in [4.78, 5) is 28.6. The van der Waals surface area contributed by atoms with E-state index >= 15 is 0 Å². The monoisotopic (exact) mass is 511 g/mol. The van der Waals surface area contributed by atoms with Gasteiger partial charge in [0.05, 0.1) is 31.6 Å². The van der Waals surface area contributed by atoms with Gasteiger partial charge in [-0.2, -0.15) is 0 Å². The van der Waals surface area contributed by atoms with Gasteiger partial charge in [-0.25, -0.2) is 9.59 Å². The molecule has 36 heavy (non-hydrogen) atoms. The molecular weight excluding hydrogens is 478 g/mol. The molecule has 2 amide bonds. The van der Waals surface area contributed by atoms with Gasteiger partial charge in [-0.3, -0.25) is 10.2 Å². The van der Waals surface area contributed by atoms with Crippen molar-refractivity contribution in [3.05, 3.63) is 52.9 Å². The first-order chi connectivity index (χ1) is 17.3. The molecule has 1 aliphatic heterocycles. The Morgan fingerprint density at radius 2 is 1.78 bits per heavy atom. The third-order valence-corrected chi connectivity index (χ3v) is 7.48. The number of ether oxygens (including phenoxy) is 3. The Morgan fingerprint density at radius 3 is 2.47 bits per heavy atom. The van der Waals surface area contributed by atoms with E-state index in [-0.39, 0.29) is 5.41 Å². The van der Waals surface area contributed by atoms with Crippen molar-refractivity contribution in [3.8, 4) is 5.75 Å². The van der Waals surface area contributed by atoms with Crippen molar-refractivity contribution in [3.63, 3.8) is 0 Å². The number of carbonyl (C=O) groups is 2. The van der Waals surface area contributed by atoms with Gasteiger partial charge in [-0.05, 0) is 23.6 Å². The highest BCUT2D eigenvalue weighted by Crippen LogP contribution is 2.37. The first-order valence-corrected chi connectivity index (χ1v) is 12.8. The number of thiophene rings is 1. The molecule has 0 bridgehead atoms. The zero-order valence-corrected chi connectivity index (χ0v) is 22.0. The van der Waals surface area contributed by atoms with Crippen molar-refractivity contribution >= 4 is 44.8 Å². The standard InChI is InChI=1S/C27H33N3O5S/c1-27(2,3)23-17-20(25(31)33-4)24(36-23)29-26(32)28-21-9-10-22(19-8-6-5-7-18(19)21)35-16-13-30-11-14-34-15-12-30/h5-10,17H,11-16H2,1-4H3,(H2,28,29,32).